The fourth-order valence-electron chi connectivity index (χ4n) is 5.06. The maximum Gasteiger partial charge on any atom is 0.120 e. The lowest BCUT2D eigenvalue weighted by Crippen LogP contribution is -2.32. The molecule has 0 spiro atoms. The normalized spacial score (nSPS) is 16.5. The molecule has 0 N–H and O–H groups in total. The molecule has 0 aliphatic carbocycles. The Hall–Kier alpha value is -3.56. The molecule has 0 bridgehead atoms. The van der Waals surface area contributed by atoms with Gasteiger partial charge in [-0.3, -0.25) is 0 Å². The minimum atomic E-state index is 0.225. The molecule has 5 aromatic rings. The molecule has 3 nitrogen and oxygen atoms in total. The molecule has 1 atom stereocenters. The van der Waals surface area contributed by atoms with Gasteiger partial charge in [-0.05, 0) is 35.4 Å². The molecule has 2 aliphatic rings. The molecule has 4 aromatic carbocycles. The predicted octanol–water partition coefficient (Wildman–Crippen LogP) is 6.60. The van der Waals surface area contributed by atoms with E-state index in [1.807, 2.05) is 0 Å². The van der Waals surface area contributed by atoms with E-state index in [1.54, 1.807) is 0 Å². The Labute approximate surface area is 180 Å². The number of nitrogens with zero attached hydrogens (tertiary/aromatic N) is 1. The zero-order valence-electron chi connectivity index (χ0n) is 17.0. The van der Waals surface area contributed by atoms with Gasteiger partial charge in [0.25, 0.3) is 0 Å². The van der Waals surface area contributed by atoms with Gasteiger partial charge in [0, 0.05) is 34.9 Å². The first-order valence-corrected chi connectivity index (χ1v) is 10.9. The van der Waals surface area contributed by atoms with Gasteiger partial charge in [0.15, 0.2) is 0 Å². The van der Waals surface area contributed by atoms with Gasteiger partial charge in [-0.2, -0.15) is 0 Å². The van der Waals surface area contributed by atoms with E-state index in [9.17, 15) is 0 Å². The molecular weight excluding hydrogens is 382 g/mol. The second-order valence-corrected chi connectivity index (χ2v) is 8.37. The average molecular weight is 403 g/mol. The fourth-order valence-corrected chi connectivity index (χ4v) is 5.06. The van der Waals surface area contributed by atoms with Crippen LogP contribution in [0, 0.1) is 0 Å². The molecule has 0 saturated carbocycles. The van der Waals surface area contributed by atoms with E-state index in [-0.39, 0.29) is 6.10 Å². The summed E-state index contributed by atoms with van der Waals surface area (Å²) >= 11 is 0. The first-order chi connectivity index (χ1) is 15.4. The molecule has 150 valence electrons. The molecular formula is C28H21NO2. The van der Waals surface area contributed by atoms with Crippen LogP contribution in [-0.4, -0.2) is 23.9 Å². The van der Waals surface area contributed by atoms with Gasteiger partial charge in [-0.25, -0.2) is 0 Å². The Morgan fingerprint density at radius 2 is 1.52 bits per heavy atom. The summed E-state index contributed by atoms with van der Waals surface area (Å²) in [6, 6.07) is 30.5. The smallest absolute Gasteiger partial charge is 0.120 e. The molecule has 1 aromatic heterocycles. The second-order valence-electron chi connectivity index (χ2n) is 8.37. The van der Waals surface area contributed by atoms with Crippen LogP contribution in [-0.2, 0) is 4.74 Å². The topological polar surface area (TPSA) is 23.4 Å². The summed E-state index contributed by atoms with van der Waals surface area (Å²) in [5.41, 5.74) is 8.66. The van der Waals surface area contributed by atoms with Gasteiger partial charge < -0.3 is 14.0 Å². The number of fused-ring (bicyclic) bond motifs is 8. The summed E-state index contributed by atoms with van der Waals surface area (Å²) in [4.78, 5) is 0. The van der Waals surface area contributed by atoms with E-state index in [0.717, 1.165) is 18.8 Å². The van der Waals surface area contributed by atoms with Crippen molar-refractivity contribution in [2.24, 2.45) is 0 Å². The minimum absolute atomic E-state index is 0.225. The Morgan fingerprint density at radius 3 is 2.35 bits per heavy atom. The van der Waals surface area contributed by atoms with Gasteiger partial charge in [0.1, 0.15) is 12.4 Å². The molecule has 0 amide bonds. The van der Waals surface area contributed by atoms with E-state index in [4.69, 9.17) is 9.47 Å². The second kappa shape index (κ2) is 6.47. The number of hydrogen-bond donors (Lipinski definition) is 0. The third-order valence-electron chi connectivity index (χ3n) is 6.64. The third kappa shape index (κ3) is 2.44. The lowest BCUT2D eigenvalue weighted by molar-refractivity contribution is -0.0720. The standard InChI is InChI=1S/C28H21NO2/c1-2-7-21-20(6-1)23-9-5-10-24-22-8-3-4-11-26(22)29(28(23)24)27-13-12-18(16-25(21)27)31-17-19-14-15-30-19/h1-13,16,19H,14-15,17H2. The minimum Gasteiger partial charge on any atom is -0.491 e. The fraction of sp³-hybridized carbons (Fsp3) is 0.143. The van der Waals surface area contributed by atoms with E-state index < -0.39 is 0 Å². The van der Waals surface area contributed by atoms with Crippen molar-refractivity contribution in [1.29, 1.82) is 0 Å². The van der Waals surface area contributed by atoms with Crippen molar-refractivity contribution in [1.82, 2.24) is 4.57 Å². The van der Waals surface area contributed by atoms with Crippen molar-refractivity contribution < 1.29 is 9.47 Å². The number of rotatable bonds is 3. The van der Waals surface area contributed by atoms with E-state index in [1.165, 1.54) is 49.7 Å². The average Bonchev–Trinajstić information content (AvgIpc) is 3.06. The van der Waals surface area contributed by atoms with E-state index in [0.29, 0.717) is 6.61 Å². The number of aromatic nitrogens is 1. The summed E-state index contributed by atoms with van der Waals surface area (Å²) < 4.78 is 14.1. The van der Waals surface area contributed by atoms with Crippen LogP contribution >= 0.6 is 0 Å². The van der Waals surface area contributed by atoms with Gasteiger partial charge in [-0.1, -0.05) is 60.7 Å². The van der Waals surface area contributed by atoms with Gasteiger partial charge in [0.05, 0.1) is 22.8 Å². The third-order valence-corrected chi connectivity index (χ3v) is 6.64. The van der Waals surface area contributed by atoms with Crippen LogP contribution in [0.2, 0.25) is 0 Å². The van der Waals surface area contributed by atoms with E-state index in [2.05, 4.69) is 89.5 Å². The van der Waals surface area contributed by atoms with Crippen molar-refractivity contribution in [2.75, 3.05) is 13.2 Å². The number of para-hydroxylation sites is 2. The first kappa shape index (κ1) is 17.2. The van der Waals surface area contributed by atoms with Crippen LogP contribution in [0.15, 0.2) is 84.9 Å². The Balaban J connectivity index is 1.54. The van der Waals surface area contributed by atoms with Crippen LogP contribution in [0.1, 0.15) is 6.42 Å². The van der Waals surface area contributed by atoms with Crippen molar-refractivity contribution in [3.05, 3.63) is 84.9 Å². The summed E-state index contributed by atoms with van der Waals surface area (Å²) in [7, 11) is 0. The summed E-state index contributed by atoms with van der Waals surface area (Å²) in [6.07, 6.45) is 1.31. The van der Waals surface area contributed by atoms with Crippen molar-refractivity contribution in [2.45, 2.75) is 12.5 Å². The monoisotopic (exact) mass is 403 g/mol. The Kier molecular flexibility index (Phi) is 3.58. The molecule has 2 aliphatic heterocycles. The maximum absolute atomic E-state index is 6.12. The summed E-state index contributed by atoms with van der Waals surface area (Å²) in [5, 5.41) is 2.57. The van der Waals surface area contributed by atoms with Crippen molar-refractivity contribution in [3.8, 4) is 33.7 Å². The lowest BCUT2D eigenvalue weighted by atomic mass is 9.93. The largest absolute Gasteiger partial charge is 0.491 e. The summed E-state index contributed by atoms with van der Waals surface area (Å²) in [6.45, 7) is 1.46. The lowest BCUT2D eigenvalue weighted by Gasteiger charge is -2.26. The highest BCUT2D eigenvalue weighted by atomic mass is 16.5. The predicted molar refractivity (Wildman–Crippen MR) is 125 cm³/mol. The molecule has 3 heterocycles. The van der Waals surface area contributed by atoms with Crippen LogP contribution in [0.5, 0.6) is 5.75 Å². The highest BCUT2D eigenvalue weighted by Crippen LogP contribution is 2.47. The van der Waals surface area contributed by atoms with Crippen molar-refractivity contribution in [3.63, 3.8) is 0 Å². The van der Waals surface area contributed by atoms with Gasteiger partial charge in [-0.15, -0.1) is 0 Å². The molecule has 1 unspecified atom stereocenters. The van der Waals surface area contributed by atoms with Crippen LogP contribution in [0.3, 0.4) is 0 Å². The van der Waals surface area contributed by atoms with E-state index >= 15 is 0 Å². The van der Waals surface area contributed by atoms with Gasteiger partial charge in [0.2, 0.25) is 0 Å². The molecule has 3 heteroatoms. The van der Waals surface area contributed by atoms with Gasteiger partial charge >= 0.3 is 0 Å². The zero-order chi connectivity index (χ0) is 20.4. The molecule has 31 heavy (non-hydrogen) atoms. The number of hydrogen-bond acceptors (Lipinski definition) is 2. The quantitative estimate of drug-likeness (QED) is 0.332. The maximum atomic E-state index is 6.12. The SMILES string of the molecule is c1ccc2c(c1)-c1cc(OCC3CCO3)ccc1-n1c3ccccc3c3cccc-2c31. The highest BCUT2D eigenvalue weighted by Gasteiger charge is 2.25. The summed E-state index contributed by atoms with van der Waals surface area (Å²) in [5.74, 6) is 0.891. The van der Waals surface area contributed by atoms with Crippen LogP contribution < -0.4 is 4.74 Å². The Bertz CT molecular complexity index is 1480. The van der Waals surface area contributed by atoms with Crippen molar-refractivity contribution >= 4 is 21.8 Å². The molecule has 1 saturated heterocycles. The van der Waals surface area contributed by atoms with Crippen LogP contribution in [0.25, 0.3) is 49.7 Å². The number of ether oxygens (including phenoxy) is 2. The molecule has 1 fully saturated rings. The molecule has 0 radical (unpaired) electrons. The molecule has 7 rings (SSSR count). The Morgan fingerprint density at radius 1 is 0.774 bits per heavy atom. The van der Waals surface area contributed by atoms with Crippen LogP contribution in [0.4, 0.5) is 0 Å². The highest BCUT2D eigenvalue weighted by molar-refractivity contribution is 6.16. The zero-order valence-corrected chi connectivity index (χ0v) is 17.0. The number of benzene rings is 4. The first-order valence-electron chi connectivity index (χ1n) is 10.9.